The number of ether oxygens (including phenoxy) is 1. The van der Waals surface area contributed by atoms with Crippen molar-refractivity contribution in [1.82, 2.24) is 0 Å². The standard InChI is InChI=1S/C15H17NO/c16-10-11-17-15-8-6-14(7-9-15)12-13-4-2-1-3-5-13/h1-9H,10-12,16H2. The van der Waals surface area contributed by atoms with Gasteiger partial charge in [-0.25, -0.2) is 0 Å². The quantitative estimate of drug-likeness (QED) is 0.852. The van der Waals surface area contributed by atoms with Gasteiger partial charge in [0.2, 0.25) is 0 Å². The van der Waals surface area contributed by atoms with Gasteiger partial charge in [-0.2, -0.15) is 0 Å². The molecular weight excluding hydrogens is 210 g/mol. The van der Waals surface area contributed by atoms with Crippen molar-refractivity contribution in [3.05, 3.63) is 65.7 Å². The highest BCUT2D eigenvalue weighted by molar-refractivity contribution is 5.31. The van der Waals surface area contributed by atoms with E-state index in [4.69, 9.17) is 10.5 Å². The van der Waals surface area contributed by atoms with Gasteiger partial charge in [0.1, 0.15) is 12.4 Å². The molecule has 2 heteroatoms. The molecule has 0 unspecified atom stereocenters. The van der Waals surface area contributed by atoms with Gasteiger partial charge in [0.05, 0.1) is 0 Å². The van der Waals surface area contributed by atoms with Crippen molar-refractivity contribution in [2.24, 2.45) is 5.73 Å². The van der Waals surface area contributed by atoms with Gasteiger partial charge in [0.25, 0.3) is 0 Å². The fraction of sp³-hybridized carbons (Fsp3) is 0.200. The molecule has 17 heavy (non-hydrogen) atoms. The molecule has 0 aliphatic carbocycles. The fourth-order valence-corrected chi connectivity index (χ4v) is 1.71. The van der Waals surface area contributed by atoms with Crippen molar-refractivity contribution in [1.29, 1.82) is 0 Å². The van der Waals surface area contributed by atoms with Gasteiger partial charge in [0.15, 0.2) is 0 Å². The van der Waals surface area contributed by atoms with Gasteiger partial charge in [-0.3, -0.25) is 0 Å². The Bertz CT molecular complexity index is 436. The number of hydrogen-bond acceptors (Lipinski definition) is 2. The Morgan fingerprint density at radius 1 is 0.824 bits per heavy atom. The van der Waals surface area contributed by atoms with Crippen LogP contribution in [-0.4, -0.2) is 13.2 Å². The summed E-state index contributed by atoms with van der Waals surface area (Å²) in [7, 11) is 0. The molecule has 0 aromatic heterocycles. The Morgan fingerprint density at radius 3 is 2.12 bits per heavy atom. The lowest BCUT2D eigenvalue weighted by atomic mass is 10.1. The lowest BCUT2D eigenvalue weighted by molar-refractivity contribution is 0.328. The molecule has 0 aliphatic rings. The van der Waals surface area contributed by atoms with E-state index >= 15 is 0 Å². The van der Waals surface area contributed by atoms with Gasteiger partial charge in [-0.15, -0.1) is 0 Å². The maximum Gasteiger partial charge on any atom is 0.119 e. The predicted octanol–water partition coefficient (Wildman–Crippen LogP) is 2.61. The monoisotopic (exact) mass is 227 g/mol. The highest BCUT2D eigenvalue weighted by atomic mass is 16.5. The van der Waals surface area contributed by atoms with E-state index in [1.807, 2.05) is 18.2 Å². The Kier molecular flexibility index (Phi) is 4.17. The van der Waals surface area contributed by atoms with E-state index in [0.29, 0.717) is 13.2 Å². The maximum absolute atomic E-state index is 5.44. The van der Waals surface area contributed by atoms with E-state index in [2.05, 4.69) is 36.4 Å². The van der Waals surface area contributed by atoms with Crippen molar-refractivity contribution >= 4 is 0 Å². The van der Waals surface area contributed by atoms with Crippen LogP contribution in [0, 0.1) is 0 Å². The molecule has 2 aromatic rings. The molecule has 0 atom stereocenters. The molecule has 2 N–H and O–H groups in total. The van der Waals surface area contributed by atoms with Gasteiger partial charge in [0, 0.05) is 6.54 Å². The number of rotatable bonds is 5. The van der Waals surface area contributed by atoms with Crippen molar-refractivity contribution in [3.8, 4) is 5.75 Å². The molecule has 0 spiro atoms. The fourth-order valence-electron chi connectivity index (χ4n) is 1.71. The predicted molar refractivity (Wildman–Crippen MR) is 70.2 cm³/mol. The zero-order valence-electron chi connectivity index (χ0n) is 9.80. The first-order valence-electron chi connectivity index (χ1n) is 5.84. The Labute approximate surface area is 102 Å². The first kappa shape index (κ1) is 11.7. The van der Waals surface area contributed by atoms with E-state index in [-0.39, 0.29) is 0 Å². The first-order chi connectivity index (χ1) is 8.38. The summed E-state index contributed by atoms with van der Waals surface area (Å²) in [6.07, 6.45) is 0.956. The third-order valence-corrected chi connectivity index (χ3v) is 2.56. The summed E-state index contributed by atoms with van der Waals surface area (Å²) in [5.41, 5.74) is 7.99. The minimum absolute atomic E-state index is 0.547. The van der Waals surface area contributed by atoms with Gasteiger partial charge >= 0.3 is 0 Å². The molecule has 0 saturated carbocycles. The van der Waals surface area contributed by atoms with E-state index in [0.717, 1.165) is 12.2 Å². The Hall–Kier alpha value is -1.80. The minimum atomic E-state index is 0.547. The van der Waals surface area contributed by atoms with E-state index in [9.17, 15) is 0 Å². The summed E-state index contributed by atoms with van der Waals surface area (Å²) in [6, 6.07) is 18.6. The van der Waals surface area contributed by atoms with E-state index in [1.165, 1.54) is 11.1 Å². The second kappa shape index (κ2) is 6.06. The van der Waals surface area contributed by atoms with Crippen LogP contribution >= 0.6 is 0 Å². The van der Waals surface area contributed by atoms with Gasteiger partial charge in [-0.1, -0.05) is 42.5 Å². The Morgan fingerprint density at radius 2 is 1.47 bits per heavy atom. The average molecular weight is 227 g/mol. The lowest BCUT2D eigenvalue weighted by Crippen LogP contribution is -2.10. The van der Waals surface area contributed by atoms with Crippen LogP contribution in [0.4, 0.5) is 0 Å². The molecule has 88 valence electrons. The summed E-state index contributed by atoms with van der Waals surface area (Å²) >= 11 is 0. The molecule has 0 amide bonds. The molecule has 0 radical (unpaired) electrons. The van der Waals surface area contributed by atoms with Crippen LogP contribution in [0.3, 0.4) is 0 Å². The maximum atomic E-state index is 5.44. The summed E-state index contributed by atoms with van der Waals surface area (Å²) in [4.78, 5) is 0. The van der Waals surface area contributed by atoms with E-state index in [1.54, 1.807) is 0 Å². The zero-order valence-corrected chi connectivity index (χ0v) is 9.80. The zero-order chi connectivity index (χ0) is 11.9. The van der Waals surface area contributed by atoms with E-state index < -0.39 is 0 Å². The van der Waals surface area contributed by atoms with Crippen LogP contribution in [0.25, 0.3) is 0 Å². The minimum Gasteiger partial charge on any atom is -0.492 e. The van der Waals surface area contributed by atoms with Crippen molar-refractivity contribution < 1.29 is 4.74 Å². The molecular formula is C15H17NO. The molecule has 0 heterocycles. The summed E-state index contributed by atoms with van der Waals surface area (Å²) in [6.45, 7) is 1.11. The molecule has 2 aromatic carbocycles. The van der Waals surface area contributed by atoms with Crippen molar-refractivity contribution in [2.75, 3.05) is 13.2 Å². The third kappa shape index (κ3) is 3.61. The van der Waals surface area contributed by atoms with Gasteiger partial charge < -0.3 is 10.5 Å². The first-order valence-corrected chi connectivity index (χ1v) is 5.84. The normalized spacial score (nSPS) is 10.2. The SMILES string of the molecule is NCCOc1ccc(Cc2ccccc2)cc1. The molecule has 0 aliphatic heterocycles. The average Bonchev–Trinajstić information content (AvgIpc) is 2.39. The second-order valence-electron chi connectivity index (χ2n) is 3.94. The number of nitrogens with two attached hydrogens (primary N) is 1. The van der Waals surface area contributed by atoms with Crippen LogP contribution < -0.4 is 10.5 Å². The third-order valence-electron chi connectivity index (χ3n) is 2.56. The van der Waals surface area contributed by atoms with Crippen LogP contribution in [0.15, 0.2) is 54.6 Å². The summed E-state index contributed by atoms with van der Waals surface area (Å²) in [5, 5.41) is 0. The largest absolute Gasteiger partial charge is 0.492 e. The summed E-state index contributed by atoms with van der Waals surface area (Å²) < 4.78 is 5.44. The van der Waals surface area contributed by atoms with Crippen molar-refractivity contribution in [3.63, 3.8) is 0 Å². The van der Waals surface area contributed by atoms with Crippen LogP contribution in [0.5, 0.6) is 5.75 Å². The highest BCUT2D eigenvalue weighted by Crippen LogP contribution is 2.15. The Balaban J connectivity index is 1.98. The smallest absolute Gasteiger partial charge is 0.119 e. The molecule has 2 nitrogen and oxygen atoms in total. The molecule has 0 saturated heterocycles. The van der Waals surface area contributed by atoms with Crippen molar-refractivity contribution in [2.45, 2.75) is 6.42 Å². The molecule has 2 rings (SSSR count). The van der Waals surface area contributed by atoms with Crippen LogP contribution in [0.1, 0.15) is 11.1 Å². The van der Waals surface area contributed by atoms with Gasteiger partial charge in [-0.05, 0) is 29.7 Å². The number of hydrogen-bond donors (Lipinski definition) is 1. The van der Waals surface area contributed by atoms with Crippen LogP contribution in [-0.2, 0) is 6.42 Å². The lowest BCUT2D eigenvalue weighted by Gasteiger charge is -2.06. The molecule has 0 bridgehead atoms. The summed E-state index contributed by atoms with van der Waals surface area (Å²) in [5.74, 6) is 0.882. The topological polar surface area (TPSA) is 35.2 Å². The molecule has 0 fully saturated rings. The number of benzene rings is 2. The second-order valence-corrected chi connectivity index (χ2v) is 3.94. The van der Waals surface area contributed by atoms with Crippen LogP contribution in [0.2, 0.25) is 0 Å². The highest BCUT2D eigenvalue weighted by Gasteiger charge is 1.97.